The molecule has 3 rings (SSSR count). The van der Waals surface area contributed by atoms with Crippen LogP contribution in [-0.2, 0) is 4.74 Å². The number of piperidine rings is 1. The van der Waals surface area contributed by atoms with E-state index >= 15 is 0 Å². The molecule has 1 aromatic rings. The summed E-state index contributed by atoms with van der Waals surface area (Å²) < 4.78 is 7.76. The summed E-state index contributed by atoms with van der Waals surface area (Å²) in [5.74, 6) is 0. The Kier molecular flexibility index (Phi) is 3.45. The first-order chi connectivity index (χ1) is 8.43. The van der Waals surface area contributed by atoms with Gasteiger partial charge in [0.2, 0.25) is 0 Å². The van der Waals surface area contributed by atoms with Crippen LogP contribution in [0.15, 0.2) is 24.5 Å². The lowest BCUT2D eigenvalue weighted by molar-refractivity contribution is -0.102. The average Bonchev–Trinajstić information content (AvgIpc) is 2.94. The number of nitrogens with zero attached hydrogens (tertiary/aromatic N) is 3. The van der Waals surface area contributed by atoms with Crippen LogP contribution in [0.5, 0.6) is 0 Å². The monoisotopic (exact) mass is 235 g/mol. The van der Waals surface area contributed by atoms with Gasteiger partial charge in [-0.25, -0.2) is 10.0 Å². The Morgan fingerprint density at radius 1 is 0.824 bits per heavy atom. The molecule has 2 saturated heterocycles. The summed E-state index contributed by atoms with van der Waals surface area (Å²) in [5, 5.41) is 4.98. The molecule has 0 radical (unpaired) electrons. The van der Waals surface area contributed by atoms with Crippen molar-refractivity contribution in [1.29, 1.82) is 0 Å². The minimum Gasteiger partial charge on any atom is -0.379 e. The first-order valence-corrected chi connectivity index (χ1v) is 6.63. The minimum absolute atomic E-state index is 0.697. The van der Waals surface area contributed by atoms with E-state index in [1.54, 1.807) is 0 Å². The van der Waals surface area contributed by atoms with Crippen LogP contribution in [0.1, 0.15) is 18.9 Å². The van der Waals surface area contributed by atoms with Gasteiger partial charge in [0.15, 0.2) is 0 Å². The minimum atomic E-state index is 0.697. The highest BCUT2D eigenvalue weighted by molar-refractivity contribution is 4.94. The van der Waals surface area contributed by atoms with Crippen LogP contribution in [-0.4, -0.2) is 54.0 Å². The molecule has 0 saturated carbocycles. The Hall–Kier alpha value is -0.840. The molecular weight excluding hydrogens is 214 g/mol. The lowest BCUT2D eigenvalue weighted by Gasteiger charge is -2.41. The molecule has 94 valence electrons. The molecule has 0 amide bonds. The molecule has 3 heterocycles. The Bertz CT molecular complexity index is 324. The van der Waals surface area contributed by atoms with Crippen LogP contribution in [0.2, 0.25) is 0 Å². The lowest BCUT2D eigenvalue weighted by Crippen LogP contribution is -2.51. The van der Waals surface area contributed by atoms with E-state index in [9.17, 15) is 0 Å². The number of rotatable bonds is 2. The maximum atomic E-state index is 5.40. The Morgan fingerprint density at radius 3 is 2.06 bits per heavy atom. The fourth-order valence-corrected chi connectivity index (χ4v) is 2.86. The maximum absolute atomic E-state index is 5.40. The summed E-state index contributed by atoms with van der Waals surface area (Å²) in [6.45, 7) is 6.27. The summed E-state index contributed by atoms with van der Waals surface area (Å²) >= 11 is 0. The molecule has 2 aliphatic rings. The van der Waals surface area contributed by atoms with Crippen LogP contribution in [0.4, 0.5) is 0 Å². The van der Waals surface area contributed by atoms with Gasteiger partial charge in [0.05, 0.1) is 13.2 Å². The van der Waals surface area contributed by atoms with E-state index in [1.807, 2.05) is 0 Å². The van der Waals surface area contributed by atoms with Crippen molar-refractivity contribution < 1.29 is 4.74 Å². The highest BCUT2D eigenvalue weighted by Crippen LogP contribution is 2.23. The number of hydrogen-bond donors (Lipinski definition) is 0. The molecule has 2 fully saturated rings. The van der Waals surface area contributed by atoms with Crippen LogP contribution in [0.3, 0.4) is 0 Å². The van der Waals surface area contributed by atoms with E-state index < -0.39 is 0 Å². The van der Waals surface area contributed by atoms with Crippen LogP contribution >= 0.6 is 0 Å². The third kappa shape index (κ3) is 2.54. The molecule has 4 heteroatoms. The summed E-state index contributed by atoms with van der Waals surface area (Å²) in [6.07, 6.45) is 6.89. The largest absolute Gasteiger partial charge is 0.379 e. The van der Waals surface area contributed by atoms with Gasteiger partial charge in [-0.1, -0.05) is 0 Å². The number of morpholine rings is 1. The zero-order valence-corrected chi connectivity index (χ0v) is 10.3. The second kappa shape index (κ2) is 5.21. The van der Waals surface area contributed by atoms with E-state index in [-0.39, 0.29) is 0 Å². The Morgan fingerprint density at radius 2 is 1.41 bits per heavy atom. The number of hydrogen-bond acceptors (Lipinski definition) is 3. The topological polar surface area (TPSA) is 20.6 Å². The SMILES string of the molecule is c1ccn(C2CCN(N3CCOCC3)CC2)c1. The van der Waals surface area contributed by atoms with E-state index in [4.69, 9.17) is 4.74 Å². The van der Waals surface area contributed by atoms with E-state index in [1.165, 1.54) is 25.9 Å². The van der Waals surface area contributed by atoms with Gasteiger partial charge in [-0.05, 0) is 25.0 Å². The maximum Gasteiger partial charge on any atom is 0.0608 e. The number of aromatic nitrogens is 1. The van der Waals surface area contributed by atoms with Crippen molar-refractivity contribution in [2.75, 3.05) is 39.4 Å². The van der Waals surface area contributed by atoms with Gasteiger partial charge >= 0.3 is 0 Å². The van der Waals surface area contributed by atoms with Crippen molar-refractivity contribution in [3.8, 4) is 0 Å². The fraction of sp³-hybridized carbons (Fsp3) is 0.692. The van der Waals surface area contributed by atoms with Crippen LogP contribution < -0.4 is 0 Å². The third-order valence-electron chi connectivity index (χ3n) is 3.88. The molecule has 0 bridgehead atoms. The zero-order valence-electron chi connectivity index (χ0n) is 10.3. The molecule has 2 aliphatic heterocycles. The van der Waals surface area contributed by atoms with Gasteiger partial charge in [0.1, 0.15) is 0 Å². The van der Waals surface area contributed by atoms with Crippen LogP contribution in [0, 0.1) is 0 Å². The standard InChI is InChI=1S/C13H21N3O/c1-2-6-14(5-1)13-3-7-15(8-4-13)16-9-11-17-12-10-16/h1-2,5-6,13H,3-4,7-12H2. The molecule has 0 unspecified atom stereocenters. The molecule has 0 N–H and O–H groups in total. The third-order valence-corrected chi connectivity index (χ3v) is 3.88. The normalized spacial score (nSPS) is 25.2. The molecular formula is C13H21N3O. The molecule has 0 atom stereocenters. The van der Waals surface area contributed by atoms with Crippen molar-refractivity contribution in [1.82, 2.24) is 14.6 Å². The molecule has 4 nitrogen and oxygen atoms in total. The van der Waals surface area contributed by atoms with Gasteiger partial charge in [-0.3, -0.25) is 0 Å². The van der Waals surface area contributed by atoms with E-state index in [0.29, 0.717) is 6.04 Å². The summed E-state index contributed by atoms with van der Waals surface area (Å²) in [4.78, 5) is 0. The molecule has 0 aliphatic carbocycles. The van der Waals surface area contributed by atoms with Crippen molar-refractivity contribution >= 4 is 0 Å². The fourth-order valence-electron chi connectivity index (χ4n) is 2.86. The number of ether oxygens (including phenoxy) is 1. The van der Waals surface area contributed by atoms with Crippen molar-refractivity contribution in [3.63, 3.8) is 0 Å². The molecule has 17 heavy (non-hydrogen) atoms. The predicted molar refractivity (Wildman–Crippen MR) is 66.7 cm³/mol. The smallest absolute Gasteiger partial charge is 0.0608 e. The summed E-state index contributed by atoms with van der Waals surface area (Å²) in [6, 6.07) is 4.94. The van der Waals surface area contributed by atoms with Crippen molar-refractivity contribution in [2.24, 2.45) is 0 Å². The quantitative estimate of drug-likeness (QED) is 0.772. The average molecular weight is 235 g/mol. The zero-order chi connectivity index (χ0) is 11.5. The molecule has 0 spiro atoms. The van der Waals surface area contributed by atoms with E-state index in [2.05, 4.69) is 39.1 Å². The molecule has 1 aromatic heterocycles. The molecule has 0 aromatic carbocycles. The van der Waals surface area contributed by atoms with Gasteiger partial charge in [-0.2, -0.15) is 0 Å². The van der Waals surface area contributed by atoms with Gasteiger partial charge in [0.25, 0.3) is 0 Å². The summed E-state index contributed by atoms with van der Waals surface area (Å²) in [7, 11) is 0. The lowest BCUT2D eigenvalue weighted by atomic mass is 10.1. The van der Waals surface area contributed by atoms with Crippen LogP contribution in [0.25, 0.3) is 0 Å². The van der Waals surface area contributed by atoms with Gasteiger partial charge in [-0.15, -0.1) is 0 Å². The highest BCUT2D eigenvalue weighted by atomic mass is 16.5. The first kappa shape index (κ1) is 11.3. The van der Waals surface area contributed by atoms with E-state index in [0.717, 1.165) is 26.3 Å². The van der Waals surface area contributed by atoms with Crippen molar-refractivity contribution in [2.45, 2.75) is 18.9 Å². The van der Waals surface area contributed by atoms with Crippen molar-refractivity contribution in [3.05, 3.63) is 24.5 Å². The van der Waals surface area contributed by atoms with Gasteiger partial charge < -0.3 is 9.30 Å². The number of hydrazine groups is 1. The second-order valence-electron chi connectivity index (χ2n) is 4.88. The first-order valence-electron chi connectivity index (χ1n) is 6.63. The highest BCUT2D eigenvalue weighted by Gasteiger charge is 2.24. The Labute approximate surface area is 103 Å². The van der Waals surface area contributed by atoms with Gasteiger partial charge in [0, 0.05) is 44.6 Å². The Balaban J connectivity index is 1.53. The second-order valence-corrected chi connectivity index (χ2v) is 4.88. The summed E-state index contributed by atoms with van der Waals surface area (Å²) in [5.41, 5.74) is 0. The predicted octanol–water partition coefficient (Wildman–Crippen LogP) is 1.37.